The van der Waals surface area contributed by atoms with Crippen molar-refractivity contribution < 1.29 is 9.52 Å². The Labute approximate surface area is 104 Å². The van der Waals surface area contributed by atoms with Crippen LogP contribution in [0, 0.1) is 18.3 Å². The minimum Gasteiger partial charge on any atom is -0.468 e. The number of furan rings is 1. The van der Waals surface area contributed by atoms with Crippen LogP contribution in [0.25, 0.3) is 0 Å². The van der Waals surface area contributed by atoms with E-state index in [0.29, 0.717) is 6.54 Å². The van der Waals surface area contributed by atoms with Gasteiger partial charge in [-0.25, -0.2) is 0 Å². The largest absolute Gasteiger partial charge is 0.468 e. The van der Waals surface area contributed by atoms with E-state index in [1.54, 1.807) is 6.26 Å². The summed E-state index contributed by atoms with van der Waals surface area (Å²) < 4.78 is 5.36. The molecule has 98 valence electrons. The maximum atomic E-state index is 10.1. The van der Waals surface area contributed by atoms with Gasteiger partial charge in [-0.3, -0.25) is 0 Å². The van der Waals surface area contributed by atoms with E-state index in [1.807, 2.05) is 26.8 Å². The summed E-state index contributed by atoms with van der Waals surface area (Å²) in [6.45, 7) is 11.8. The Morgan fingerprint density at radius 2 is 2.06 bits per heavy atom. The maximum Gasteiger partial charge on any atom is 0.120 e. The van der Waals surface area contributed by atoms with Crippen molar-refractivity contribution in [3.63, 3.8) is 0 Å². The Morgan fingerprint density at radius 1 is 1.41 bits per heavy atom. The molecule has 0 spiro atoms. The Bertz CT molecular complexity index is 342. The molecule has 0 fully saturated rings. The molecule has 1 rings (SSSR count). The zero-order valence-corrected chi connectivity index (χ0v) is 11.6. The lowest BCUT2D eigenvalue weighted by atomic mass is 9.81. The molecule has 1 unspecified atom stereocenters. The quantitative estimate of drug-likeness (QED) is 0.802. The average Bonchev–Trinajstić information content (AvgIpc) is 2.63. The Kier molecular flexibility index (Phi) is 4.78. The number of hydrogen-bond donors (Lipinski definition) is 2. The van der Waals surface area contributed by atoms with Crippen LogP contribution >= 0.6 is 0 Å². The first-order valence-corrected chi connectivity index (χ1v) is 6.26. The summed E-state index contributed by atoms with van der Waals surface area (Å²) in [5.74, 6) is 1.25. The number of aliphatic hydroxyl groups is 1. The monoisotopic (exact) mass is 239 g/mol. The smallest absolute Gasteiger partial charge is 0.120 e. The summed E-state index contributed by atoms with van der Waals surface area (Å²) in [4.78, 5) is 0. The highest BCUT2D eigenvalue weighted by Gasteiger charge is 2.29. The van der Waals surface area contributed by atoms with E-state index in [1.165, 1.54) is 5.56 Å². The minimum atomic E-state index is -0.298. The van der Waals surface area contributed by atoms with Crippen molar-refractivity contribution in [3.8, 4) is 0 Å². The van der Waals surface area contributed by atoms with Gasteiger partial charge < -0.3 is 14.8 Å². The van der Waals surface area contributed by atoms with Crippen LogP contribution in [-0.4, -0.2) is 17.8 Å². The predicted molar refractivity (Wildman–Crippen MR) is 69.8 cm³/mol. The highest BCUT2D eigenvalue weighted by molar-refractivity contribution is 5.14. The minimum absolute atomic E-state index is 0.130. The van der Waals surface area contributed by atoms with Crippen LogP contribution in [0.2, 0.25) is 0 Å². The molecular weight excluding hydrogens is 214 g/mol. The van der Waals surface area contributed by atoms with Gasteiger partial charge in [0.1, 0.15) is 5.76 Å². The number of aryl methyl sites for hydroxylation is 1. The number of rotatable bonds is 6. The lowest BCUT2D eigenvalue weighted by molar-refractivity contribution is 0.0132. The molecule has 1 aromatic rings. The third-order valence-electron chi connectivity index (χ3n) is 3.27. The number of hydrogen-bond acceptors (Lipinski definition) is 3. The molecule has 1 atom stereocenters. The first-order chi connectivity index (χ1) is 7.84. The van der Waals surface area contributed by atoms with Crippen molar-refractivity contribution in [3.05, 3.63) is 23.7 Å². The highest BCUT2D eigenvalue weighted by atomic mass is 16.3. The van der Waals surface area contributed by atoms with Crippen molar-refractivity contribution in [2.75, 3.05) is 6.54 Å². The van der Waals surface area contributed by atoms with E-state index in [0.717, 1.165) is 12.3 Å². The first kappa shape index (κ1) is 14.3. The predicted octanol–water partition coefficient (Wildman–Crippen LogP) is 2.72. The van der Waals surface area contributed by atoms with Crippen LogP contribution in [-0.2, 0) is 6.54 Å². The molecule has 3 heteroatoms. The van der Waals surface area contributed by atoms with Gasteiger partial charge in [0.2, 0.25) is 0 Å². The van der Waals surface area contributed by atoms with Crippen LogP contribution in [0.3, 0.4) is 0 Å². The van der Waals surface area contributed by atoms with Crippen molar-refractivity contribution in [2.24, 2.45) is 11.3 Å². The lowest BCUT2D eigenvalue weighted by Gasteiger charge is -2.33. The third-order valence-corrected chi connectivity index (χ3v) is 3.27. The number of aliphatic hydroxyl groups excluding tert-OH is 1. The van der Waals surface area contributed by atoms with E-state index >= 15 is 0 Å². The van der Waals surface area contributed by atoms with E-state index in [9.17, 15) is 5.11 Å². The molecule has 17 heavy (non-hydrogen) atoms. The standard InChI is InChI=1S/C14H25NO2/c1-10(2)13(16)14(4,5)9-15-8-12-11(3)6-7-17-12/h6-7,10,13,15-16H,8-9H2,1-5H3. The van der Waals surface area contributed by atoms with Gasteiger partial charge in [-0.1, -0.05) is 27.7 Å². The van der Waals surface area contributed by atoms with Crippen molar-refractivity contribution in [1.82, 2.24) is 5.32 Å². The Hall–Kier alpha value is -0.800. The van der Waals surface area contributed by atoms with Gasteiger partial charge in [-0.2, -0.15) is 0 Å². The van der Waals surface area contributed by atoms with Crippen LogP contribution in [0.15, 0.2) is 16.7 Å². The van der Waals surface area contributed by atoms with E-state index in [-0.39, 0.29) is 17.4 Å². The Morgan fingerprint density at radius 3 is 2.53 bits per heavy atom. The maximum absolute atomic E-state index is 10.1. The average molecular weight is 239 g/mol. The topological polar surface area (TPSA) is 45.4 Å². The van der Waals surface area contributed by atoms with Gasteiger partial charge in [0.25, 0.3) is 0 Å². The van der Waals surface area contributed by atoms with E-state index in [2.05, 4.69) is 19.2 Å². The van der Waals surface area contributed by atoms with E-state index in [4.69, 9.17) is 4.42 Å². The molecule has 1 aromatic heterocycles. The molecule has 3 nitrogen and oxygen atoms in total. The zero-order valence-electron chi connectivity index (χ0n) is 11.6. The van der Waals surface area contributed by atoms with Gasteiger partial charge in [0, 0.05) is 12.0 Å². The van der Waals surface area contributed by atoms with Crippen LogP contribution in [0.4, 0.5) is 0 Å². The van der Waals surface area contributed by atoms with E-state index < -0.39 is 0 Å². The molecule has 2 N–H and O–H groups in total. The fraction of sp³-hybridized carbons (Fsp3) is 0.714. The second-order valence-electron chi connectivity index (χ2n) is 5.81. The number of nitrogens with one attached hydrogen (secondary N) is 1. The van der Waals surface area contributed by atoms with Crippen LogP contribution < -0.4 is 5.32 Å². The van der Waals surface area contributed by atoms with Gasteiger partial charge in [-0.15, -0.1) is 0 Å². The van der Waals surface area contributed by atoms with Gasteiger partial charge in [0.15, 0.2) is 0 Å². The van der Waals surface area contributed by atoms with Gasteiger partial charge >= 0.3 is 0 Å². The third kappa shape index (κ3) is 3.86. The van der Waals surface area contributed by atoms with Gasteiger partial charge in [0.05, 0.1) is 18.9 Å². The second-order valence-corrected chi connectivity index (χ2v) is 5.81. The van der Waals surface area contributed by atoms with Gasteiger partial charge in [-0.05, 0) is 24.5 Å². The molecule has 0 radical (unpaired) electrons. The fourth-order valence-corrected chi connectivity index (χ4v) is 2.09. The second kappa shape index (κ2) is 5.69. The molecule has 0 aliphatic heterocycles. The molecule has 1 heterocycles. The van der Waals surface area contributed by atoms with Crippen molar-refractivity contribution in [1.29, 1.82) is 0 Å². The molecule has 0 aliphatic carbocycles. The highest BCUT2D eigenvalue weighted by Crippen LogP contribution is 2.25. The first-order valence-electron chi connectivity index (χ1n) is 6.26. The summed E-state index contributed by atoms with van der Waals surface area (Å²) in [6.07, 6.45) is 1.41. The van der Waals surface area contributed by atoms with Crippen LogP contribution in [0.5, 0.6) is 0 Å². The molecular formula is C14H25NO2. The molecule has 0 aliphatic rings. The van der Waals surface area contributed by atoms with Crippen molar-refractivity contribution in [2.45, 2.75) is 47.3 Å². The molecule has 0 aromatic carbocycles. The summed E-state index contributed by atoms with van der Waals surface area (Å²) in [5, 5.41) is 13.5. The summed E-state index contributed by atoms with van der Waals surface area (Å²) in [7, 11) is 0. The van der Waals surface area contributed by atoms with Crippen LogP contribution in [0.1, 0.15) is 39.0 Å². The summed E-state index contributed by atoms with van der Waals surface area (Å²) in [5.41, 5.74) is 1.04. The lowest BCUT2D eigenvalue weighted by Crippen LogP contribution is -2.41. The zero-order chi connectivity index (χ0) is 13.1. The normalized spacial score (nSPS) is 14.3. The molecule has 0 saturated carbocycles. The molecule has 0 amide bonds. The fourth-order valence-electron chi connectivity index (χ4n) is 2.09. The molecule has 0 saturated heterocycles. The Balaban J connectivity index is 2.43. The summed E-state index contributed by atoms with van der Waals surface area (Å²) in [6, 6.07) is 1.96. The SMILES string of the molecule is Cc1ccoc1CNCC(C)(C)C(O)C(C)C. The summed E-state index contributed by atoms with van der Waals surface area (Å²) >= 11 is 0. The van der Waals surface area contributed by atoms with Crippen molar-refractivity contribution >= 4 is 0 Å². The molecule has 0 bridgehead atoms.